The number of aliphatic hydroxyl groups excluding tert-OH is 6. The summed E-state index contributed by atoms with van der Waals surface area (Å²) >= 11 is 1.12. The third-order valence-corrected chi connectivity index (χ3v) is 14.1. The molecule has 1 aliphatic rings. The second-order valence-electron chi connectivity index (χ2n) is 17.9. The zero-order chi connectivity index (χ0) is 51.3. The van der Waals surface area contributed by atoms with Crippen LogP contribution >= 0.6 is 19.6 Å². The predicted molar refractivity (Wildman–Crippen MR) is 268 cm³/mol. The van der Waals surface area contributed by atoms with Crippen LogP contribution in [-0.2, 0) is 37.5 Å². The van der Waals surface area contributed by atoms with Gasteiger partial charge in [-0.05, 0) is 38.5 Å². The number of carboxylic acid groups (broad SMARTS) is 1. The molecule has 0 amide bonds. The number of carboxylic acids is 1. The Hall–Kier alpha value is -2.45. The second-order valence-corrected chi connectivity index (χ2v) is 20.5. The second kappa shape index (κ2) is 40.1. The number of aliphatic hydroxyl groups is 6. The number of esters is 2. The van der Waals surface area contributed by atoms with E-state index in [0.717, 1.165) is 50.3 Å². The maximum Gasteiger partial charge on any atom is 0.472 e. The molecule has 1 rings (SSSR count). The number of allylic oxidation sites excluding steroid dienone is 7. The Morgan fingerprint density at radius 1 is 0.667 bits per heavy atom. The van der Waals surface area contributed by atoms with E-state index in [2.05, 4.69) is 26.0 Å². The zero-order valence-corrected chi connectivity index (χ0v) is 43.0. The van der Waals surface area contributed by atoms with Crippen molar-refractivity contribution in [3.05, 3.63) is 48.6 Å². The number of hydrogen-bond acceptors (Lipinski definition) is 16. The minimum atomic E-state index is -5.28. The average molecular weight is 1020 g/mol. The molecule has 17 nitrogen and oxygen atoms in total. The van der Waals surface area contributed by atoms with Gasteiger partial charge in [-0.25, -0.2) is 4.57 Å². The van der Waals surface area contributed by atoms with Gasteiger partial charge < -0.3 is 55.8 Å². The zero-order valence-electron chi connectivity index (χ0n) is 41.3. The normalized spacial score (nSPS) is 22.6. The minimum absolute atomic E-state index is 0.0667. The number of aliphatic carboxylic acids is 1. The molecule has 1 aliphatic carbocycles. The van der Waals surface area contributed by atoms with Crippen LogP contribution in [0.5, 0.6) is 0 Å². The third kappa shape index (κ3) is 31.6. The molecule has 3 unspecified atom stereocenters. The van der Waals surface area contributed by atoms with Gasteiger partial charge in [-0.15, -0.1) is 11.8 Å². The van der Waals surface area contributed by atoms with Crippen molar-refractivity contribution in [3.8, 4) is 0 Å². The summed E-state index contributed by atoms with van der Waals surface area (Å²) in [5.74, 6) is -2.73. The van der Waals surface area contributed by atoms with Crippen LogP contribution in [0, 0.1) is 0 Å². The van der Waals surface area contributed by atoms with E-state index in [1.54, 1.807) is 18.2 Å². The van der Waals surface area contributed by atoms with Crippen molar-refractivity contribution in [1.82, 2.24) is 0 Å². The SMILES string of the molecule is CCCCC/C=C\C\C=C/C=C/C=C/[C@@H](SC[C@H](N)C(=O)O[C@H](COC(=O)CCCCCCCCCCCCCCCCC)COP(=O)(O)OC1[C@H](O)[C@H](O)C(O)[C@H](O)[C@H]1O)[C@@H](O)CCCC(=O)O. The van der Waals surface area contributed by atoms with Crippen LogP contribution in [0.2, 0.25) is 0 Å². The van der Waals surface area contributed by atoms with Gasteiger partial charge >= 0.3 is 25.7 Å². The van der Waals surface area contributed by atoms with E-state index < -0.39 is 99.1 Å². The lowest BCUT2D eigenvalue weighted by molar-refractivity contribution is -0.220. The fraction of sp³-hybridized carbons (Fsp3) is 0.780. The number of unbranched alkanes of at least 4 members (excludes halogenated alkanes) is 17. The Morgan fingerprint density at radius 3 is 1.78 bits per heavy atom. The number of ether oxygens (including phenoxy) is 2. The van der Waals surface area contributed by atoms with Crippen molar-refractivity contribution in [2.45, 2.75) is 228 Å². The van der Waals surface area contributed by atoms with Gasteiger partial charge in [0.25, 0.3) is 0 Å². The van der Waals surface area contributed by atoms with Crippen molar-refractivity contribution in [2.24, 2.45) is 5.73 Å². The first-order chi connectivity index (χ1) is 33.0. The van der Waals surface area contributed by atoms with Crippen molar-refractivity contribution in [3.63, 3.8) is 0 Å². The summed E-state index contributed by atoms with van der Waals surface area (Å²) in [6.45, 7) is 2.86. The number of thioether (sulfide) groups is 1. The van der Waals surface area contributed by atoms with E-state index in [9.17, 15) is 54.5 Å². The van der Waals surface area contributed by atoms with Gasteiger partial charge in [0.15, 0.2) is 6.10 Å². The number of rotatable bonds is 42. The number of carbonyl (C=O) groups excluding carboxylic acids is 2. The highest BCUT2D eigenvalue weighted by atomic mass is 32.2. The first-order valence-corrected chi connectivity index (χ1v) is 27.9. The average Bonchev–Trinajstić information content (AvgIpc) is 3.32. The molecule has 0 aliphatic heterocycles. The molecule has 0 aromatic carbocycles. The van der Waals surface area contributed by atoms with E-state index in [1.165, 1.54) is 83.5 Å². The summed E-state index contributed by atoms with van der Waals surface area (Å²) in [6.07, 6.45) is 23.3. The Bertz CT molecular complexity index is 1520. The van der Waals surface area contributed by atoms with Gasteiger partial charge in [-0.2, -0.15) is 0 Å². The lowest BCUT2D eigenvalue weighted by atomic mass is 9.85. The quantitative estimate of drug-likeness (QED) is 0.00955. The molecule has 0 saturated heterocycles. The lowest BCUT2D eigenvalue weighted by Gasteiger charge is -2.41. The minimum Gasteiger partial charge on any atom is -0.481 e. The summed E-state index contributed by atoms with van der Waals surface area (Å²) < 4.78 is 33.7. The summed E-state index contributed by atoms with van der Waals surface area (Å²) in [6, 6.07) is -1.33. The topological polar surface area (TPSA) is 293 Å². The molecule has 0 spiro atoms. The maximum absolute atomic E-state index is 13.3. The number of hydrogen-bond donors (Lipinski definition) is 9. The molecular weight excluding hydrogens is 934 g/mol. The molecule has 0 bridgehead atoms. The molecule has 0 aromatic heterocycles. The van der Waals surface area contributed by atoms with E-state index in [-0.39, 0.29) is 31.4 Å². The summed E-state index contributed by atoms with van der Waals surface area (Å²) in [4.78, 5) is 47.7. The van der Waals surface area contributed by atoms with E-state index in [0.29, 0.717) is 6.42 Å². The van der Waals surface area contributed by atoms with Crippen molar-refractivity contribution in [2.75, 3.05) is 19.0 Å². The Kier molecular flexibility index (Phi) is 37.5. The number of phosphoric acid groups is 1. The molecule has 0 heterocycles. The van der Waals surface area contributed by atoms with Gasteiger partial charge in [0, 0.05) is 23.8 Å². The highest BCUT2D eigenvalue weighted by molar-refractivity contribution is 8.00. The van der Waals surface area contributed by atoms with Crippen LogP contribution in [0.3, 0.4) is 0 Å². The van der Waals surface area contributed by atoms with Crippen molar-refractivity contribution in [1.29, 1.82) is 0 Å². The fourth-order valence-corrected chi connectivity index (χ4v) is 9.52. The van der Waals surface area contributed by atoms with Crippen molar-refractivity contribution < 1.29 is 78.1 Å². The Labute approximate surface area is 415 Å². The molecule has 1 fully saturated rings. The molecule has 400 valence electrons. The molecule has 69 heavy (non-hydrogen) atoms. The molecule has 0 radical (unpaired) electrons. The molecule has 1 saturated carbocycles. The van der Waals surface area contributed by atoms with Crippen LogP contribution in [0.25, 0.3) is 0 Å². The summed E-state index contributed by atoms with van der Waals surface area (Å²) in [5, 5.41) is 70.0. The summed E-state index contributed by atoms with van der Waals surface area (Å²) in [5.41, 5.74) is 6.21. The molecule has 0 aromatic rings. The molecular formula is C50H88NO16PS. The van der Waals surface area contributed by atoms with Gasteiger partial charge in [0.05, 0.1) is 12.7 Å². The smallest absolute Gasteiger partial charge is 0.472 e. The fourth-order valence-electron chi connectivity index (χ4n) is 7.42. The first-order valence-electron chi connectivity index (χ1n) is 25.4. The highest BCUT2D eigenvalue weighted by Crippen LogP contribution is 2.47. The van der Waals surface area contributed by atoms with E-state index in [1.807, 2.05) is 18.2 Å². The van der Waals surface area contributed by atoms with Gasteiger partial charge in [-0.1, -0.05) is 165 Å². The standard InChI is InChI=1S/C50H88NO16PS/c1-3-5-7-9-11-13-15-17-18-19-21-23-25-27-29-34-43(55)64-35-38(36-65-68(62,63)67-49-47(59)45(57)44(56)46(58)48(49)60)66-50(61)39(51)37-69-41(40(52)31-30-33-42(53)54)32-28-26-24-22-20-16-14-12-10-8-6-4-2/h12,14,20,22,24,26,28,32,38-41,44-49,52,56-60H,3-11,13,15-19,21,23,25,27,29-31,33-37,51H2,1-2H3,(H,53,54)(H,62,63)/b14-12-,22-20-,26-24+,32-28+/t38-,39+,40+,41-,44?,45-,46+,47-,48-,49?/m1/s1. The Balaban J connectivity index is 2.87. The number of carbonyl (C=O) groups is 3. The highest BCUT2D eigenvalue weighted by Gasteiger charge is 2.51. The monoisotopic (exact) mass is 1020 g/mol. The number of phosphoric ester groups is 1. The lowest BCUT2D eigenvalue weighted by Crippen LogP contribution is -2.64. The first kappa shape index (κ1) is 64.6. The van der Waals surface area contributed by atoms with Crippen molar-refractivity contribution >= 4 is 37.5 Å². The van der Waals surface area contributed by atoms with Crippen LogP contribution in [0.15, 0.2) is 48.6 Å². The number of nitrogens with two attached hydrogens (primary N) is 1. The largest absolute Gasteiger partial charge is 0.481 e. The van der Waals surface area contributed by atoms with E-state index in [4.69, 9.17) is 29.4 Å². The van der Waals surface area contributed by atoms with Crippen LogP contribution in [0.4, 0.5) is 0 Å². The van der Waals surface area contributed by atoms with E-state index >= 15 is 0 Å². The maximum atomic E-state index is 13.3. The molecule has 10 N–H and O–H groups in total. The summed E-state index contributed by atoms with van der Waals surface area (Å²) in [7, 11) is -5.28. The van der Waals surface area contributed by atoms with Crippen LogP contribution < -0.4 is 5.73 Å². The van der Waals surface area contributed by atoms with Gasteiger partial charge in [-0.3, -0.25) is 23.4 Å². The van der Waals surface area contributed by atoms with Crippen LogP contribution in [0.1, 0.15) is 168 Å². The third-order valence-electron chi connectivity index (χ3n) is 11.7. The molecule has 19 heteroatoms. The van der Waals surface area contributed by atoms with Gasteiger partial charge in [0.1, 0.15) is 49.3 Å². The Morgan fingerprint density at radius 2 is 1.20 bits per heavy atom. The van der Waals surface area contributed by atoms with Crippen LogP contribution in [-0.4, -0.2) is 138 Å². The van der Waals surface area contributed by atoms with Gasteiger partial charge in [0.2, 0.25) is 0 Å². The molecule has 11 atom stereocenters. The predicted octanol–water partition coefficient (Wildman–Crippen LogP) is 7.26.